The topological polar surface area (TPSA) is 59.8 Å². The second-order valence-corrected chi connectivity index (χ2v) is 6.59. The van der Waals surface area contributed by atoms with Gasteiger partial charge in [-0.05, 0) is 18.2 Å². The summed E-state index contributed by atoms with van der Waals surface area (Å²) in [6.07, 6.45) is 6.71. The molecule has 0 aliphatic rings. The van der Waals surface area contributed by atoms with Crippen molar-refractivity contribution in [1.29, 1.82) is 0 Å². The van der Waals surface area contributed by atoms with Crippen LogP contribution in [0.4, 0.5) is 5.13 Å². The fraction of sp³-hybridized carbons (Fsp3) is 0.0625. The minimum absolute atomic E-state index is 0.217. The molecule has 5 nitrogen and oxygen atoms in total. The van der Waals surface area contributed by atoms with Gasteiger partial charge in [0.2, 0.25) is 5.91 Å². The predicted octanol–water partition coefficient (Wildman–Crippen LogP) is 3.96. The van der Waals surface area contributed by atoms with Crippen LogP contribution in [-0.4, -0.2) is 20.7 Å². The Balaban J connectivity index is 1.65. The Hall–Kier alpha value is -2.25. The maximum atomic E-state index is 11.9. The highest BCUT2D eigenvalue weighted by molar-refractivity contribution is 9.10. The highest BCUT2D eigenvalue weighted by Crippen LogP contribution is 2.26. The maximum Gasteiger partial charge on any atom is 0.250 e. The van der Waals surface area contributed by atoms with E-state index in [2.05, 4.69) is 31.3 Å². The Morgan fingerprint density at radius 2 is 2.13 bits per heavy atom. The van der Waals surface area contributed by atoms with Crippen LogP contribution in [0.15, 0.2) is 52.6 Å². The van der Waals surface area contributed by atoms with Gasteiger partial charge in [-0.2, -0.15) is 5.10 Å². The molecule has 0 fully saturated rings. The van der Waals surface area contributed by atoms with Crippen molar-refractivity contribution in [3.63, 3.8) is 0 Å². The van der Waals surface area contributed by atoms with Crippen LogP contribution in [0.1, 0.15) is 5.56 Å². The molecule has 1 N–H and O–H groups in total. The van der Waals surface area contributed by atoms with E-state index >= 15 is 0 Å². The number of amides is 1. The Labute approximate surface area is 145 Å². The molecule has 0 atom stereocenters. The summed E-state index contributed by atoms with van der Waals surface area (Å²) in [7, 11) is 1.83. The van der Waals surface area contributed by atoms with Crippen molar-refractivity contribution in [3.8, 4) is 11.3 Å². The van der Waals surface area contributed by atoms with Gasteiger partial charge in [0, 0.05) is 40.3 Å². The van der Waals surface area contributed by atoms with Crippen LogP contribution in [0, 0.1) is 0 Å². The van der Waals surface area contributed by atoms with Gasteiger partial charge < -0.3 is 0 Å². The third-order valence-corrected chi connectivity index (χ3v) is 4.31. The average molecular weight is 389 g/mol. The summed E-state index contributed by atoms with van der Waals surface area (Å²) in [5.74, 6) is -0.217. The SMILES string of the molecule is Cn1cc(/C=C/C(=O)Nc2nc(-c3ccc(Br)cc3)cs2)cn1. The van der Waals surface area contributed by atoms with E-state index in [1.54, 1.807) is 17.0 Å². The largest absolute Gasteiger partial charge is 0.298 e. The number of aryl methyl sites for hydroxylation is 1. The molecule has 2 heterocycles. The predicted molar refractivity (Wildman–Crippen MR) is 96.1 cm³/mol. The number of hydrogen-bond acceptors (Lipinski definition) is 4. The van der Waals surface area contributed by atoms with Crippen LogP contribution in [0.5, 0.6) is 0 Å². The van der Waals surface area contributed by atoms with Gasteiger partial charge in [0.1, 0.15) is 0 Å². The molecule has 3 aromatic rings. The first-order valence-corrected chi connectivity index (χ1v) is 8.46. The van der Waals surface area contributed by atoms with Crippen LogP contribution < -0.4 is 5.32 Å². The molecule has 0 saturated heterocycles. The summed E-state index contributed by atoms with van der Waals surface area (Å²) in [4.78, 5) is 16.3. The fourth-order valence-electron chi connectivity index (χ4n) is 1.93. The molecule has 0 bridgehead atoms. The first kappa shape index (κ1) is 15.6. The summed E-state index contributed by atoms with van der Waals surface area (Å²) < 4.78 is 2.70. The zero-order valence-electron chi connectivity index (χ0n) is 12.2. The zero-order valence-corrected chi connectivity index (χ0v) is 14.6. The third kappa shape index (κ3) is 4.14. The molecule has 0 radical (unpaired) electrons. The number of hydrogen-bond donors (Lipinski definition) is 1. The lowest BCUT2D eigenvalue weighted by Gasteiger charge is -1.97. The molecule has 1 aromatic carbocycles. The van der Waals surface area contributed by atoms with Crippen molar-refractivity contribution in [2.24, 2.45) is 7.05 Å². The van der Waals surface area contributed by atoms with Gasteiger partial charge in [-0.15, -0.1) is 11.3 Å². The minimum atomic E-state index is -0.217. The fourth-order valence-corrected chi connectivity index (χ4v) is 2.92. The number of carbonyl (C=O) groups excluding carboxylic acids is 1. The number of benzene rings is 1. The van der Waals surface area contributed by atoms with Crippen molar-refractivity contribution in [1.82, 2.24) is 14.8 Å². The van der Waals surface area contributed by atoms with Crippen LogP contribution in [0.3, 0.4) is 0 Å². The first-order chi connectivity index (χ1) is 11.1. The lowest BCUT2D eigenvalue weighted by atomic mass is 10.2. The number of rotatable bonds is 4. The van der Waals surface area contributed by atoms with Crippen LogP contribution in [0.2, 0.25) is 0 Å². The number of aromatic nitrogens is 3. The van der Waals surface area contributed by atoms with Gasteiger partial charge >= 0.3 is 0 Å². The Kier molecular flexibility index (Phi) is 4.68. The molecule has 7 heteroatoms. The summed E-state index contributed by atoms with van der Waals surface area (Å²) >= 11 is 4.80. The van der Waals surface area contributed by atoms with Crippen molar-refractivity contribution >= 4 is 44.4 Å². The van der Waals surface area contributed by atoms with E-state index in [0.29, 0.717) is 5.13 Å². The van der Waals surface area contributed by atoms with Gasteiger partial charge in [-0.25, -0.2) is 4.98 Å². The van der Waals surface area contributed by atoms with E-state index in [1.165, 1.54) is 17.4 Å². The normalized spacial score (nSPS) is 11.0. The van der Waals surface area contributed by atoms with Gasteiger partial charge in [0.15, 0.2) is 5.13 Å². The second kappa shape index (κ2) is 6.89. The molecule has 0 saturated carbocycles. The quantitative estimate of drug-likeness (QED) is 0.688. The Bertz CT molecular complexity index is 851. The van der Waals surface area contributed by atoms with Gasteiger partial charge in [0.25, 0.3) is 0 Å². The molecular formula is C16H13BrN4OS. The zero-order chi connectivity index (χ0) is 16.2. The van der Waals surface area contributed by atoms with E-state index in [9.17, 15) is 4.79 Å². The molecule has 1 amide bonds. The molecule has 2 aromatic heterocycles. The van der Waals surface area contributed by atoms with Crippen LogP contribution in [0.25, 0.3) is 17.3 Å². The van der Waals surface area contributed by atoms with E-state index in [-0.39, 0.29) is 5.91 Å². The van der Waals surface area contributed by atoms with Gasteiger partial charge in [-0.3, -0.25) is 14.8 Å². The summed E-state index contributed by atoms with van der Waals surface area (Å²) in [5.41, 5.74) is 2.72. The minimum Gasteiger partial charge on any atom is -0.298 e. The Morgan fingerprint density at radius 3 is 2.83 bits per heavy atom. The molecule has 0 aliphatic carbocycles. The van der Waals surface area contributed by atoms with E-state index in [4.69, 9.17) is 0 Å². The lowest BCUT2D eigenvalue weighted by Crippen LogP contribution is -2.07. The Morgan fingerprint density at radius 1 is 1.35 bits per heavy atom. The van der Waals surface area contributed by atoms with Crippen LogP contribution >= 0.6 is 27.3 Å². The molecular weight excluding hydrogens is 376 g/mol. The molecule has 0 aliphatic heterocycles. The number of anilines is 1. The summed E-state index contributed by atoms with van der Waals surface area (Å²) in [6, 6.07) is 7.88. The van der Waals surface area contributed by atoms with Crippen molar-refractivity contribution in [3.05, 3.63) is 58.2 Å². The van der Waals surface area contributed by atoms with Crippen molar-refractivity contribution in [2.45, 2.75) is 0 Å². The monoisotopic (exact) mass is 388 g/mol. The standard InChI is InChI=1S/C16H13BrN4OS/c1-21-9-11(8-18-21)2-7-15(22)20-16-19-14(10-23-16)12-3-5-13(17)6-4-12/h2-10H,1H3,(H,19,20,22)/b7-2+. The van der Waals surface area contributed by atoms with Crippen molar-refractivity contribution in [2.75, 3.05) is 5.32 Å². The highest BCUT2D eigenvalue weighted by Gasteiger charge is 2.06. The summed E-state index contributed by atoms with van der Waals surface area (Å²) in [6.45, 7) is 0. The van der Waals surface area contributed by atoms with Crippen molar-refractivity contribution < 1.29 is 4.79 Å². The second-order valence-electron chi connectivity index (χ2n) is 4.81. The number of carbonyl (C=O) groups is 1. The van der Waals surface area contributed by atoms with E-state index in [0.717, 1.165) is 21.3 Å². The van der Waals surface area contributed by atoms with Crippen LogP contribution in [-0.2, 0) is 11.8 Å². The molecule has 0 unspecified atom stereocenters. The molecule has 23 heavy (non-hydrogen) atoms. The number of halogens is 1. The maximum absolute atomic E-state index is 11.9. The number of thiazole rings is 1. The smallest absolute Gasteiger partial charge is 0.250 e. The van der Waals surface area contributed by atoms with Gasteiger partial charge in [0.05, 0.1) is 11.9 Å². The third-order valence-electron chi connectivity index (χ3n) is 3.03. The lowest BCUT2D eigenvalue weighted by molar-refractivity contribution is -0.111. The average Bonchev–Trinajstić information content (AvgIpc) is 3.15. The molecule has 116 valence electrons. The number of nitrogens with one attached hydrogen (secondary N) is 1. The number of nitrogens with zero attached hydrogens (tertiary/aromatic N) is 3. The molecule has 0 spiro atoms. The molecule has 3 rings (SSSR count). The van der Waals surface area contributed by atoms with Gasteiger partial charge in [-0.1, -0.05) is 28.1 Å². The van der Waals surface area contributed by atoms with E-state index in [1.807, 2.05) is 42.9 Å². The highest BCUT2D eigenvalue weighted by atomic mass is 79.9. The summed E-state index contributed by atoms with van der Waals surface area (Å²) in [5, 5.41) is 9.30. The first-order valence-electron chi connectivity index (χ1n) is 6.79. The van der Waals surface area contributed by atoms with E-state index < -0.39 is 0 Å².